The molecule has 0 aliphatic carbocycles. The number of hydrogen-bond acceptors (Lipinski definition) is 8. The van der Waals surface area contributed by atoms with Crippen molar-refractivity contribution in [3.63, 3.8) is 0 Å². The minimum Gasteiger partial charge on any atom is -0.482 e. The van der Waals surface area contributed by atoms with Crippen LogP contribution in [0.3, 0.4) is 0 Å². The number of hydrogen-bond donors (Lipinski definition) is 3. The molecule has 12 nitrogen and oxygen atoms in total. The molecule has 1 aliphatic rings. The number of rotatable bonds is 8. The number of nitrogens with one attached hydrogen (secondary N) is 2. The fourth-order valence-electron chi connectivity index (χ4n) is 3.41. The zero-order valence-electron chi connectivity index (χ0n) is 21.7. The number of halogens is 6. The maximum absolute atomic E-state index is 13.6. The molecule has 2 heterocycles. The summed E-state index contributed by atoms with van der Waals surface area (Å²) in [6, 6.07) is 4.62. The molecule has 1 aromatic carbocycles. The Bertz CT molecular complexity index is 1510. The van der Waals surface area contributed by atoms with Crippen LogP contribution in [0.15, 0.2) is 63.9 Å². The summed E-state index contributed by atoms with van der Waals surface area (Å²) >= 11 is 0. The molecule has 19 heteroatoms. The summed E-state index contributed by atoms with van der Waals surface area (Å²) in [5.41, 5.74) is 7.46. The topological polar surface area (TPSA) is 172 Å². The van der Waals surface area contributed by atoms with Crippen LogP contribution in [0.5, 0.6) is 5.75 Å². The molecule has 4 N–H and O–H groups in total. The number of carbonyl (C=O) groups is 1. The van der Waals surface area contributed by atoms with Gasteiger partial charge in [0.1, 0.15) is 23.4 Å². The second-order valence-electron chi connectivity index (χ2n) is 9.10. The Kier molecular flexibility index (Phi) is 9.04. The molecular formula is C23H23F6N7O5S. The molecule has 0 radical (unpaired) electrons. The van der Waals surface area contributed by atoms with Crippen LogP contribution in [0.2, 0.25) is 0 Å². The van der Waals surface area contributed by atoms with Gasteiger partial charge in [0.2, 0.25) is 5.60 Å². The number of benzene rings is 1. The van der Waals surface area contributed by atoms with E-state index in [2.05, 4.69) is 25.4 Å². The lowest BCUT2D eigenvalue weighted by Gasteiger charge is -2.35. The molecule has 1 aromatic heterocycles. The van der Waals surface area contributed by atoms with Crippen molar-refractivity contribution in [2.24, 2.45) is 16.1 Å². The summed E-state index contributed by atoms with van der Waals surface area (Å²) in [6.07, 6.45) is -8.85. The number of nitrogens with zero attached hydrogens (tertiary/aromatic N) is 4. The Balaban J connectivity index is 2.01. The van der Waals surface area contributed by atoms with Crippen LogP contribution < -0.4 is 20.1 Å². The van der Waals surface area contributed by atoms with Crippen LogP contribution in [-0.4, -0.2) is 49.8 Å². The SMILES string of the molecule is CC(C)(OC(=O)Nc1ccc2c(c1)N(S(=O)(=O)c1ccnc(C(F)(F)F)c1)CC(/C=C/CC(N)=NN=N)O2)C(F)(F)F. The summed E-state index contributed by atoms with van der Waals surface area (Å²) in [4.78, 5) is 14.6. The monoisotopic (exact) mass is 623 g/mol. The van der Waals surface area contributed by atoms with E-state index in [0.717, 1.165) is 12.1 Å². The number of anilines is 2. The molecule has 1 aliphatic heterocycles. The quantitative estimate of drug-likeness (QED) is 0.0906. The smallest absolute Gasteiger partial charge is 0.433 e. The number of amides is 1. The Morgan fingerprint density at radius 1 is 1.24 bits per heavy atom. The van der Waals surface area contributed by atoms with Crippen LogP contribution in [0.1, 0.15) is 26.0 Å². The Labute approximate surface area is 234 Å². The second-order valence-corrected chi connectivity index (χ2v) is 11.0. The molecule has 0 saturated heterocycles. The van der Waals surface area contributed by atoms with Crippen molar-refractivity contribution in [1.29, 1.82) is 5.53 Å². The number of aromatic nitrogens is 1. The zero-order chi connectivity index (χ0) is 31.5. The van der Waals surface area contributed by atoms with Gasteiger partial charge in [-0.25, -0.2) is 13.2 Å². The fourth-order valence-corrected chi connectivity index (χ4v) is 4.90. The Morgan fingerprint density at radius 2 is 1.93 bits per heavy atom. The number of nitrogens with two attached hydrogens (primary N) is 1. The van der Waals surface area contributed by atoms with E-state index in [1.54, 1.807) is 0 Å². The minimum absolute atomic E-state index is 0.000385. The highest BCUT2D eigenvalue weighted by molar-refractivity contribution is 7.92. The number of fused-ring (bicyclic) bond motifs is 1. The summed E-state index contributed by atoms with van der Waals surface area (Å²) < 4.78 is 117. The normalized spacial score (nSPS) is 16.5. The van der Waals surface area contributed by atoms with Crippen LogP contribution in [0, 0.1) is 5.53 Å². The number of pyridine rings is 1. The van der Waals surface area contributed by atoms with Crippen molar-refractivity contribution in [2.75, 3.05) is 16.2 Å². The third-order valence-electron chi connectivity index (χ3n) is 5.59. The first-order valence-electron chi connectivity index (χ1n) is 11.6. The Morgan fingerprint density at radius 3 is 2.55 bits per heavy atom. The van der Waals surface area contributed by atoms with E-state index < -0.39 is 57.3 Å². The highest BCUT2D eigenvalue weighted by atomic mass is 32.2. The number of sulfonamides is 1. The molecule has 3 rings (SSSR count). The highest BCUT2D eigenvalue weighted by Crippen LogP contribution is 2.40. The number of ether oxygens (including phenoxy) is 2. The third-order valence-corrected chi connectivity index (χ3v) is 7.37. The molecule has 0 spiro atoms. The largest absolute Gasteiger partial charge is 0.482 e. The van der Waals surface area contributed by atoms with Crippen LogP contribution in [-0.2, 0) is 20.9 Å². The maximum Gasteiger partial charge on any atom is 0.433 e. The Hall–Kier alpha value is -4.42. The van der Waals surface area contributed by atoms with Crippen molar-refractivity contribution in [1.82, 2.24) is 4.98 Å². The van der Waals surface area contributed by atoms with E-state index in [1.165, 1.54) is 24.3 Å². The molecule has 228 valence electrons. The van der Waals surface area contributed by atoms with Gasteiger partial charge >= 0.3 is 18.4 Å². The lowest BCUT2D eigenvalue weighted by atomic mass is 10.1. The first-order chi connectivity index (χ1) is 19.3. The summed E-state index contributed by atoms with van der Waals surface area (Å²) in [5, 5.41) is 8.16. The van der Waals surface area contributed by atoms with Gasteiger partial charge in [-0.05, 0) is 50.3 Å². The molecule has 42 heavy (non-hydrogen) atoms. The van der Waals surface area contributed by atoms with E-state index in [-0.39, 0.29) is 29.4 Å². The average molecular weight is 624 g/mol. The third kappa shape index (κ3) is 7.45. The van der Waals surface area contributed by atoms with Gasteiger partial charge in [0.15, 0.2) is 0 Å². The van der Waals surface area contributed by atoms with Crippen LogP contribution in [0.4, 0.5) is 42.5 Å². The zero-order valence-corrected chi connectivity index (χ0v) is 22.5. The van der Waals surface area contributed by atoms with Crippen LogP contribution in [0.25, 0.3) is 0 Å². The highest BCUT2D eigenvalue weighted by Gasteiger charge is 2.51. The van der Waals surface area contributed by atoms with Crippen molar-refractivity contribution in [3.8, 4) is 5.75 Å². The predicted octanol–water partition coefficient (Wildman–Crippen LogP) is 5.20. The van der Waals surface area contributed by atoms with Gasteiger partial charge in [-0.15, -0.1) is 5.10 Å². The first kappa shape index (κ1) is 32.1. The van der Waals surface area contributed by atoms with E-state index in [0.29, 0.717) is 30.4 Å². The molecule has 2 aromatic rings. The standard InChI is InChI=1S/C23H23F6N7O5S/c1-21(2,23(27,28)29)41-20(37)33-13-6-7-17-16(10-13)36(12-14(40-17)4-3-5-19(30)34-35-31)42(38,39)15-8-9-32-18(11-15)22(24,25)26/h3-4,6-11,14H,5,12H2,1-2H3,(H,33,37)(H3,30,31,34)/b4-3+. The van der Waals surface area contributed by atoms with Crippen LogP contribution >= 0.6 is 0 Å². The summed E-state index contributed by atoms with van der Waals surface area (Å²) in [6.45, 7) is 0.769. The molecular weight excluding hydrogens is 600 g/mol. The van der Waals surface area contributed by atoms with Gasteiger partial charge in [0.25, 0.3) is 10.0 Å². The molecule has 0 bridgehead atoms. The summed E-state index contributed by atoms with van der Waals surface area (Å²) in [5.74, 6) is -0.142. The van der Waals surface area contributed by atoms with E-state index in [4.69, 9.17) is 16.0 Å². The number of carbonyl (C=O) groups excluding carboxylic acids is 1. The fraction of sp³-hybridized carbons (Fsp3) is 0.348. The average Bonchev–Trinajstić information content (AvgIpc) is 2.87. The number of alkyl halides is 6. The predicted molar refractivity (Wildman–Crippen MR) is 135 cm³/mol. The van der Waals surface area contributed by atoms with Gasteiger partial charge in [-0.2, -0.15) is 31.9 Å². The molecule has 0 fully saturated rings. The minimum atomic E-state index is -4.95. The van der Waals surface area contributed by atoms with Crippen molar-refractivity contribution in [3.05, 3.63) is 54.4 Å². The van der Waals surface area contributed by atoms with E-state index in [1.807, 2.05) is 0 Å². The van der Waals surface area contributed by atoms with Gasteiger partial charge in [-0.3, -0.25) is 14.6 Å². The number of amidine groups is 1. The molecule has 0 saturated carbocycles. The van der Waals surface area contributed by atoms with E-state index in [9.17, 15) is 39.6 Å². The lowest BCUT2D eigenvalue weighted by Crippen LogP contribution is -2.44. The van der Waals surface area contributed by atoms with Gasteiger partial charge in [0, 0.05) is 18.3 Å². The molecule has 1 amide bonds. The molecule has 1 atom stereocenters. The lowest BCUT2D eigenvalue weighted by molar-refractivity contribution is -0.242. The molecule has 1 unspecified atom stereocenters. The van der Waals surface area contributed by atoms with Crippen molar-refractivity contribution in [2.45, 2.75) is 49.2 Å². The van der Waals surface area contributed by atoms with Gasteiger partial charge < -0.3 is 15.2 Å². The van der Waals surface area contributed by atoms with Gasteiger partial charge in [-0.1, -0.05) is 11.3 Å². The maximum atomic E-state index is 13.6. The van der Waals surface area contributed by atoms with E-state index >= 15 is 0 Å². The van der Waals surface area contributed by atoms with Crippen molar-refractivity contribution >= 4 is 33.3 Å². The summed E-state index contributed by atoms with van der Waals surface area (Å²) in [7, 11) is -4.74. The second kappa shape index (κ2) is 11.8. The van der Waals surface area contributed by atoms with Gasteiger partial charge in [0.05, 0.1) is 17.1 Å². The van der Waals surface area contributed by atoms with Crippen molar-refractivity contribution < 1.29 is 49.0 Å². The first-order valence-corrected chi connectivity index (χ1v) is 13.1.